The zero-order chi connectivity index (χ0) is 19.2. The Kier molecular flexibility index (Phi) is 9.27. The number of rotatable bonds is 4. The minimum atomic E-state index is -0.180. The van der Waals surface area contributed by atoms with E-state index in [4.69, 9.17) is 0 Å². The second-order valence-electron chi connectivity index (χ2n) is 7.98. The maximum absolute atomic E-state index is 13.1. The van der Waals surface area contributed by atoms with Crippen LogP contribution in [0, 0.1) is 11.7 Å². The summed E-state index contributed by atoms with van der Waals surface area (Å²) >= 11 is 0. The minimum absolute atomic E-state index is 0. The fraction of sp³-hybridized carbons (Fsp3) is 0.667. The summed E-state index contributed by atoms with van der Waals surface area (Å²) in [7, 11) is 1.87. The van der Waals surface area contributed by atoms with Crippen molar-refractivity contribution < 1.29 is 4.39 Å². The van der Waals surface area contributed by atoms with E-state index in [-0.39, 0.29) is 29.8 Å². The molecule has 2 saturated heterocycles. The number of piperidine rings is 1. The average Bonchev–Trinajstić information content (AvgIpc) is 2.70. The summed E-state index contributed by atoms with van der Waals surface area (Å²) in [5, 5.41) is 3.61. The van der Waals surface area contributed by atoms with Crippen LogP contribution in [0.5, 0.6) is 0 Å². The first kappa shape index (κ1) is 23.2. The lowest BCUT2D eigenvalue weighted by Gasteiger charge is -2.39. The summed E-state index contributed by atoms with van der Waals surface area (Å²) in [4.78, 5) is 11.7. The summed E-state index contributed by atoms with van der Waals surface area (Å²) in [6, 6.07) is 7.43. The van der Waals surface area contributed by atoms with Crippen molar-refractivity contribution in [2.45, 2.75) is 32.7 Å². The van der Waals surface area contributed by atoms with Crippen LogP contribution < -0.4 is 10.2 Å². The molecule has 1 aromatic carbocycles. The first-order chi connectivity index (χ1) is 13.1. The van der Waals surface area contributed by atoms with Crippen LogP contribution in [0.2, 0.25) is 0 Å². The third-order valence-corrected chi connectivity index (χ3v) is 5.81. The molecule has 0 spiro atoms. The normalized spacial score (nSPS) is 21.6. The number of aliphatic imine (C=N–C) groups is 1. The molecular formula is C21H35FIN5. The Labute approximate surface area is 186 Å². The summed E-state index contributed by atoms with van der Waals surface area (Å²) in [6.45, 7) is 11.7. The molecular weight excluding hydrogens is 468 g/mol. The van der Waals surface area contributed by atoms with Gasteiger partial charge in [0.05, 0.1) is 0 Å². The Hall–Kier alpha value is -1.09. The van der Waals surface area contributed by atoms with Crippen molar-refractivity contribution in [3.63, 3.8) is 0 Å². The zero-order valence-corrected chi connectivity index (χ0v) is 19.7. The van der Waals surface area contributed by atoms with Crippen molar-refractivity contribution >= 4 is 35.6 Å². The van der Waals surface area contributed by atoms with E-state index in [9.17, 15) is 4.39 Å². The van der Waals surface area contributed by atoms with Crippen molar-refractivity contribution in [1.29, 1.82) is 0 Å². The van der Waals surface area contributed by atoms with Crippen LogP contribution in [0.25, 0.3) is 0 Å². The number of halogens is 2. The first-order valence-corrected chi connectivity index (χ1v) is 10.3. The molecule has 0 amide bonds. The van der Waals surface area contributed by atoms with Gasteiger partial charge < -0.3 is 20.0 Å². The molecule has 2 fully saturated rings. The van der Waals surface area contributed by atoms with Crippen molar-refractivity contribution in [2.75, 3.05) is 57.8 Å². The van der Waals surface area contributed by atoms with Gasteiger partial charge in [0.1, 0.15) is 5.82 Å². The quantitative estimate of drug-likeness (QED) is 0.389. The topological polar surface area (TPSA) is 34.1 Å². The number of nitrogens with one attached hydrogen (secondary N) is 1. The molecule has 1 atom stereocenters. The molecule has 158 valence electrons. The standard InChI is InChI=1S/C21H34FN5.HI/c1-17(2)27-10-4-5-18(16-27)15-24-21(23-3)26-13-11-25(12-14-26)20-8-6-19(22)7-9-20;/h6-9,17-18H,4-5,10-16H2,1-3H3,(H,23,24);1H. The maximum atomic E-state index is 13.1. The van der Waals surface area contributed by atoms with E-state index < -0.39 is 0 Å². The fourth-order valence-electron chi connectivity index (χ4n) is 4.13. The fourth-order valence-corrected chi connectivity index (χ4v) is 4.13. The average molecular weight is 503 g/mol. The lowest BCUT2D eigenvalue weighted by atomic mass is 9.97. The zero-order valence-electron chi connectivity index (χ0n) is 17.4. The number of hydrogen-bond donors (Lipinski definition) is 1. The predicted molar refractivity (Wildman–Crippen MR) is 126 cm³/mol. The second kappa shape index (κ2) is 11.2. The van der Waals surface area contributed by atoms with Gasteiger partial charge in [0.15, 0.2) is 5.96 Å². The van der Waals surface area contributed by atoms with Gasteiger partial charge in [-0.2, -0.15) is 0 Å². The van der Waals surface area contributed by atoms with Gasteiger partial charge in [-0.3, -0.25) is 4.99 Å². The molecule has 3 rings (SSSR count). The predicted octanol–water partition coefficient (Wildman–Crippen LogP) is 3.26. The summed E-state index contributed by atoms with van der Waals surface area (Å²) in [6.07, 6.45) is 2.59. The third-order valence-electron chi connectivity index (χ3n) is 5.81. The molecule has 0 saturated carbocycles. The van der Waals surface area contributed by atoms with Crippen molar-refractivity contribution in [3.8, 4) is 0 Å². The molecule has 2 aliphatic heterocycles. The van der Waals surface area contributed by atoms with E-state index in [1.165, 1.54) is 38.1 Å². The smallest absolute Gasteiger partial charge is 0.193 e. The summed E-state index contributed by atoms with van der Waals surface area (Å²) in [5.41, 5.74) is 1.09. The number of likely N-dealkylation sites (tertiary alicyclic amines) is 1. The second-order valence-corrected chi connectivity index (χ2v) is 7.98. The van der Waals surface area contributed by atoms with Crippen LogP contribution >= 0.6 is 24.0 Å². The lowest BCUT2D eigenvalue weighted by molar-refractivity contribution is 0.140. The first-order valence-electron chi connectivity index (χ1n) is 10.3. The molecule has 0 aromatic heterocycles. The van der Waals surface area contributed by atoms with Crippen molar-refractivity contribution in [2.24, 2.45) is 10.9 Å². The van der Waals surface area contributed by atoms with Gasteiger partial charge in [-0.05, 0) is 63.4 Å². The molecule has 7 heteroatoms. The van der Waals surface area contributed by atoms with Gasteiger partial charge in [-0.15, -0.1) is 24.0 Å². The van der Waals surface area contributed by atoms with Gasteiger partial charge in [-0.1, -0.05) is 0 Å². The summed E-state index contributed by atoms with van der Waals surface area (Å²) in [5.74, 6) is 1.52. The Bertz CT molecular complexity index is 614. The monoisotopic (exact) mass is 503 g/mol. The van der Waals surface area contributed by atoms with Crippen LogP contribution in [-0.4, -0.2) is 74.7 Å². The van der Waals surface area contributed by atoms with E-state index in [1.807, 2.05) is 19.2 Å². The van der Waals surface area contributed by atoms with Crippen molar-refractivity contribution in [3.05, 3.63) is 30.1 Å². The van der Waals surface area contributed by atoms with Crippen LogP contribution in [0.4, 0.5) is 10.1 Å². The highest BCUT2D eigenvalue weighted by Crippen LogP contribution is 2.19. The molecule has 0 bridgehead atoms. The SMILES string of the molecule is CN=C(NCC1CCCN(C(C)C)C1)N1CCN(c2ccc(F)cc2)CC1.I. The molecule has 1 N–H and O–H groups in total. The number of benzene rings is 1. The van der Waals surface area contributed by atoms with E-state index in [0.717, 1.165) is 44.4 Å². The van der Waals surface area contributed by atoms with Gasteiger partial charge >= 0.3 is 0 Å². The highest BCUT2D eigenvalue weighted by atomic mass is 127. The van der Waals surface area contributed by atoms with Gasteiger partial charge in [0.2, 0.25) is 0 Å². The van der Waals surface area contributed by atoms with E-state index in [2.05, 4.69) is 38.9 Å². The van der Waals surface area contributed by atoms with E-state index in [1.54, 1.807) is 0 Å². The van der Waals surface area contributed by atoms with Crippen molar-refractivity contribution in [1.82, 2.24) is 15.1 Å². The molecule has 28 heavy (non-hydrogen) atoms. The molecule has 0 aliphatic carbocycles. The Morgan fingerprint density at radius 1 is 1.14 bits per heavy atom. The van der Waals surface area contributed by atoms with E-state index >= 15 is 0 Å². The Morgan fingerprint density at radius 2 is 1.82 bits per heavy atom. The highest BCUT2D eigenvalue weighted by Gasteiger charge is 2.24. The number of guanidine groups is 1. The molecule has 1 unspecified atom stereocenters. The van der Waals surface area contributed by atoms with Gasteiger partial charge in [0, 0.05) is 58.0 Å². The Morgan fingerprint density at radius 3 is 2.43 bits per heavy atom. The molecule has 2 aliphatic rings. The van der Waals surface area contributed by atoms with Crippen LogP contribution in [-0.2, 0) is 0 Å². The largest absolute Gasteiger partial charge is 0.368 e. The molecule has 0 radical (unpaired) electrons. The van der Waals surface area contributed by atoms with Crippen LogP contribution in [0.3, 0.4) is 0 Å². The highest BCUT2D eigenvalue weighted by molar-refractivity contribution is 14.0. The lowest BCUT2D eigenvalue weighted by Crippen LogP contribution is -2.53. The molecule has 2 heterocycles. The van der Waals surface area contributed by atoms with Crippen LogP contribution in [0.15, 0.2) is 29.3 Å². The minimum Gasteiger partial charge on any atom is -0.368 e. The number of anilines is 1. The van der Waals surface area contributed by atoms with Gasteiger partial charge in [0.25, 0.3) is 0 Å². The molecule has 1 aromatic rings. The number of piperazine rings is 1. The Balaban J connectivity index is 0.00000280. The summed E-state index contributed by atoms with van der Waals surface area (Å²) < 4.78 is 13.1. The third kappa shape index (κ3) is 6.20. The molecule has 5 nitrogen and oxygen atoms in total. The van der Waals surface area contributed by atoms with E-state index in [0.29, 0.717) is 12.0 Å². The number of hydrogen-bond acceptors (Lipinski definition) is 3. The number of nitrogens with zero attached hydrogens (tertiary/aromatic N) is 4. The van der Waals surface area contributed by atoms with Crippen LogP contribution in [0.1, 0.15) is 26.7 Å². The maximum Gasteiger partial charge on any atom is 0.193 e. The van der Waals surface area contributed by atoms with Gasteiger partial charge in [-0.25, -0.2) is 4.39 Å².